The lowest BCUT2D eigenvalue weighted by atomic mass is 10.1. The van der Waals surface area contributed by atoms with Crippen LogP contribution in [0.15, 0.2) is 77.6 Å². The largest absolute Gasteiger partial charge is 0.485 e. The molecule has 5 aromatic rings. The maximum atomic E-state index is 15.5. The zero-order valence-corrected chi connectivity index (χ0v) is 22.1. The lowest BCUT2D eigenvalue weighted by Gasteiger charge is -2.19. The van der Waals surface area contributed by atoms with Crippen LogP contribution in [0.5, 0.6) is 5.75 Å². The van der Waals surface area contributed by atoms with Gasteiger partial charge >= 0.3 is 5.69 Å². The van der Waals surface area contributed by atoms with Crippen LogP contribution in [-0.2, 0) is 13.5 Å². The van der Waals surface area contributed by atoms with Crippen molar-refractivity contribution < 1.29 is 13.9 Å². The number of carbonyl (C=O) groups is 1. The van der Waals surface area contributed by atoms with Crippen molar-refractivity contribution in [2.45, 2.75) is 33.3 Å². The molecule has 1 amide bonds. The van der Waals surface area contributed by atoms with Crippen molar-refractivity contribution in [1.82, 2.24) is 19.3 Å². The molecule has 0 aliphatic heterocycles. The van der Waals surface area contributed by atoms with Gasteiger partial charge in [0, 0.05) is 30.6 Å². The average Bonchev–Trinajstić information content (AvgIpc) is 3.22. The van der Waals surface area contributed by atoms with Crippen LogP contribution in [0.25, 0.3) is 16.6 Å². The van der Waals surface area contributed by atoms with Crippen LogP contribution >= 0.6 is 0 Å². The molecule has 8 nitrogen and oxygen atoms in total. The van der Waals surface area contributed by atoms with Crippen molar-refractivity contribution in [3.05, 3.63) is 112 Å². The van der Waals surface area contributed by atoms with E-state index < -0.39 is 23.5 Å². The van der Waals surface area contributed by atoms with Gasteiger partial charge in [0.15, 0.2) is 0 Å². The summed E-state index contributed by atoms with van der Waals surface area (Å²) in [5.74, 6) is -0.726. The lowest BCUT2D eigenvalue weighted by molar-refractivity contribution is 0.102. The number of fused-ring (bicyclic) bond motifs is 1. The standard InChI is InChI=1S/C30H28FN5O3/c1-5-28-34-36(30(38)35(28)4)26-17-27(39-19(3)20-10-7-6-8-11-20)22(16-23(26)31)29(37)33-25-13-9-12-24-21(25)15-14-18(2)32-24/h6-17,19H,5H2,1-4H3,(H,33,37)/t19-/m0/s1. The predicted molar refractivity (Wildman–Crippen MR) is 148 cm³/mol. The minimum atomic E-state index is -0.780. The Morgan fingerprint density at radius 3 is 2.56 bits per heavy atom. The molecule has 0 aliphatic rings. The molecular weight excluding hydrogens is 497 g/mol. The molecule has 0 saturated heterocycles. The van der Waals surface area contributed by atoms with Gasteiger partial charge in [-0.05, 0) is 49.7 Å². The Kier molecular flexibility index (Phi) is 6.98. The summed E-state index contributed by atoms with van der Waals surface area (Å²) in [6.45, 7) is 5.58. The Morgan fingerprint density at radius 2 is 1.85 bits per heavy atom. The van der Waals surface area contributed by atoms with E-state index in [1.807, 2.05) is 69.3 Å². The second kappa shape index (κ2) is 10.5. The maximum absolute atomic E-state index is 15.5. The lowest BCUT2D eigenvalue weighted by Crippen LogP contribution is -2.23. The molecule has 9 heteroatoms. The Balaban J connectivity index is 1.59. The molecule has 0 fully saturated rings. The van der Waals surface area contributed by atoms with E-state index in [4.69, 9.17) is 4.74 Å². The number of rotatable bonds is 7. The van der Waals surface area contributed by atoms with E-state index in [0.717, 1.165) is 32.9 Å². The molecule has 39 heavy (non-hydrogen) atoms. The number of nitrogens with zero attached hydrogens (tertiary/aromatic N) is 4. The van der Waals surface area contributed by atoms with E-state index >= 15 is 4.39 Å². The fourth-order valence-corrected chi connectivity index (χ4v) is 4.46. The third kappa shape index (κ3) is 5.03. The topological polar surface area (TPSA) is 91.0 Å². The van der Waals surface area contributed by atoms with E-state index in [0.29, 0.717) is 17.9 Å². The highest BCUT2D eigenvalue weighted by atomic mass is 19.1. The van der Waals surface area contributed by atoms with E-state index in [2.05, 4.69) is 15.4 Å². The molecule has 0 aliphatic carbocycles. The number of amides is 1. The second-order valence-electron chi connectivity index (χ2n) is 9.27. The quantitative estimate of drug-likeness (QED) is 0.302. The Labute approximate surface area is 224 Å². The molecule has 0 saturated carbocycles. The third-order valence-electron chi connectivity index (χ3n) is 6.60. The number of pyridine rings is 1. The molecule has 1 atom stereocenters. The number of halogens is 1. The van der Waals surface area contributed by atoms with Crippen LogP contribution < -0.4 is 15.7 Å². The predicted octanol–water partition coefficient (Wildman–Crippen LogP) is 5.52. The zero-order valence-electron chi connectivity index (χ0n) is 22.1. The number of aromatic nitrogens is 4. The number of hydrogen-bond acceptors (Lipinski definition) is 5. The number of benzene rings is 3. The van der Waals surface area contributed by atoms with E-state index in [1.54, 1.807) is 19.2 Å². The molecule has 0 unspecified atom stereocenters. The van der Waals surface area contributed by atoms with Gasteiger partial charge in [-0.3, -0.25) is 14.3 Å². The SMILES string of the molecule is CCc1nn(-c2cc(O[C@@H](C)c3ccccc3)c(C(=O)Nc3cccc4nc(C)ccc34)cc2F)c(=O)n1C. The summed E-state index contributed by atoms with van der Waals surface area (Å²) in [4.78, 5) is 30.9. The van der Waals surface area contributed by atoms with Crippen LogP contribution in [0.4, 0.5) is 10.1 Å². The highest BCUT2D eigenvalue weighted by Gasteiger charge is 2.23. The van der Waals surface area contributed by atoms with Crippen molar-refractivity contribution in [1.29, 1.82) is 0 Å². The fraction of sp³-hybridized carbons (Fsp3) is 0.200. The molecule has 5 rings (SSSR count). The summed E-state index contributed by atoms with van der Waals surface area (Å²) in [6, 6.07) is 21.0. The minimum absolute atomic E-state index is 0.0178. The Hall–Kier alpha value is -4.79. The van der Waals surface area contributed by atoms with Crippen molar-refractivity contribution in [2.24, 2.45) is 7.05 Å². The molecule has 2 aromatic heterocycles. The first kappa shape index (κ1) is 25.8. The van der Waals surface area contributed by atoms with Crippen LogP contribution in [0, 0.1) is 12.7 Å². The number of aryl methyl sites for hydroxylation is 2. The van der Waals surface area contributed by atoms with Crippen molar-refractivity contribution >= 4 is 22.5 Å². The van der Waals surface area contributed by atoms with Crippen LogP contribution in [-0.4, -0.2) is 25.2 Å². The van der Waals surface area contributed by atoms with Gasteiger partial charge in [-0.25, -0.2) is 9.18 Å². The van der Waals surface area contributed by atoms with Gasteiger partial charge in [-0.15, -0.1) is 5.10 Å². The average molecular weight is 526 g/mol. The molecule has 0 radical (unpaired) electrons. The minimum Gasteiger partial charge on any atom is -0.485 e. The first-order chi connectivity index (χ1) is 18.8. The van der Waals surface area contributed by atoms with Crippen LogP contribution in [0.1, 0.15) is 47.4 Å². The fourth-order valence-electron chi connectivity index (χ4n) is 4.46. The molecule has 3 aromatic carbocycles. The Bertz CT molecular complexity index is 1740. The van der Waals surface area contributed by atoms with Crippen LogP contribution in [0.2, 0.25) is 0 Å². The van der Waals surface area contributed by atoms with Gasteiger partial charge in [0.1, 0.15) is 29.2 Å². The van der Waals surface area contributed by atoms with Crippen molar-refractivity contribution in [2.75, 3.05) is 5.32 Å². The summed E-state index contributed by atoms with van der Waals surface area (Å²) < 4.78 is 24.1. The van der Waals surface area contributed by atoms with E-state index in [1.165, 1.54) is 10.6 Å². The molecule has 0 spiro atoms. The Morgan fingerprint density at radius 1 is 1.08 bits per heavy atom. The zero-order chi connectivity index (χ0) is 27.7. The maximum Gasteiger partial charge on any atom is 0.350 e. The number of anilines is 1. The molecule has 1 N–H and O–H groups in total. The summed E-state index contributed by atoms with van der Waals surface area (Å²) in [7, 11) is 1.58. The molecule has 198 valence electrons. The van der Waals surface area contributed by atoms with Gasteiger partial charge in [0.2, 0.25) is 0 Å². The van der Waals surface area contributed by atoms with Crippen molar-refractivity contribution in [3.8, 4) is 11.4 Å². The number of hydrogen-bond donors (Lipinski definition) is 1. The van der Waals surface area contributed by atoms with E-state index in [9.17, 15) is 9.59 Å². The summed E-state index contributed by atoms with van der Waals surface area (Å²) >= 11 is 0. The van der Waals surface area contributed by atoms with Gasteiger partial charge in [-0.1, -0.05) is 43.3 Å². The highest BCUT2D eigenvalue weighted by Crippen LogP contribution is 2.31. The smallest absolute Gasteiger partial charge is 0.350 e. The molecule has 0 bridgehead atoms. The van der Waals surface area contributed by atoms with Crippen molar-refractivity contribution in [3.63, 3.8) is 0 Å². The summed E-state index contributed by atoms with van der Waals surface area (Å²) in [5.41, 5.74) is 2.36. The van der Waals surface area contributed by atoms with E-state index in [-0.39, 0.29) is 17.0 Å². The van der Waals surface area contributed by atoms with Gasteiger partial charge in [0.25, 0.3) is 5.91 Å². The normalized spacial score (nSPS) is 11.9. The monoisotopic (exact) mass is 525 g/mol. The number of ether oxygens (including phenoxy) is 1. The number of carbonyl (C=O) groups excluding carboxylic acids is 1. The van der Waals surface area contributed by atoms with Gasteiger partial charge in [0.05, 0.1) is 16.8 Å². The van der Waals surface area contributed by atoms with Gasteiger partial charge < -0.3 is 10.1 Å². The number of nitrogens with one attached hydrogen (secondary N) is 1. The molecule has 2 heterocycles. The first-order valence-corrected chi connectivity index (χ1v) is 12.6. The van der Waals surface area contributed by atoms with Gasteiger partial charge in [-0.2, -0.15) is 4.68 Å². The molecular formula is C30H28FN5O3. The summed E-state index contributed by atoms with van der Waals surface area (Å²) in [6.07, 6.45) is 0.0294. The second-order valence-corrected chi connectivity index (χ2v) is 9.27. The highest BCUT2D eigenvalue weighted by molar-refractivity contribution is 6.10. The summed E-state index contributed by atoms with van der Waals surface area (Å²) in [5, 5.41) is 7.92. The third-order valence-corrected chi connectivity index (χ3v) is 6.60. The first-order valence-electron chi connectivity index (χ1n) is 12.6. The van der Waals surface area contributed by atoms with Crippen LogP contribution in [0.3, 0.4) is 0 Å².